The fraction of sp³-hybridized carbons (Fsp3) is 0.538. The number of alkyl halides is 3. The minimum atomic E-state index is -4.65. The summed E-state index contributed by atoms with van der Waals surface area (Å²) in [4.78, 5) is 17.0. The monoisotopic (exact) mass is 304 g/mol. The molecule has 1 amide bonds. The fourth-order valence-corrected chi connectivity index (χ4v) is 2.29. The van der Waals surface area contributed by atoms with Gasteiger partial charge in [-0.15, -0.1) is 0 Å². The van der Waals surface area contributed by atoms with Gasteiger partial charge in [-0.2, -0.15) is 13.2 Å². The minimum absolute atomic E-state index is 0.0549. The van der Waals surface area contributed by atoms with E-state index < -0.39 is 29.3 Å². The van der Waals surface area contributed by atoms with E-state index in [-0.39, 0.29) is 25.8 Å². The molecule has 0 aromatic carbocycles. The summed E-state index contributed by atoms with van der Waals surface area (Å²) >= 11 is 0. The molecule has 0 spiro atoms. The Morgan fingerprint density at radius 3 is 2.86 bits per heavy atom. The highest BCUT2D eigenvalue weighted by atomic mass is 19.4. The molecule has 0 bridgehead atoms. The summed E-state index contributed by atoms with van der Waals surface area (Å²) in [5, 5.41) is 9.11. The van der Waals surface area contributed by atoms with Crippen LogP contribution in [0.1, 0.15) is 22.8 Å². The summed E-state index contributed by atoms with van der Waals surface area (Å²) < 4.78 is 44.1. The van der Waals surface area contributed by atoms with Gasteiger partial charge < -0.3 is 14.7 Å². The molecule has 1 aromatic rings. The number of amides is 1. The summed E-state index contributed by atoms with van der Waals surface area (Å²) in [6.45, 7) is 1.63. The topological polar surface area (TPSA) is 62.7 Å². The number of aliphatic hydroxyl groups excluding tert-OH is 1. The number of hydrogen-bond acceptors (Lipinski definition) is 4. The number of halogens is 3. The van der Waals surface area contributed by atoms with E-state index in [4.69, 9.17) is 9.84 Å². The number of aromatic nitrogens is 1. The second-order valence-electron chi connectivity index (χ2n) is 4.88. The van der Waals surface area contributed by atoms with Crippen molar-refractivity contribution in [1.82, 2.24) is 9.88 Å². The molecule has 0 radical (unpaired) electrons. The van der Waals surface area contributed by atoms with E-state index in [0.717, 1.165) is 12.3 Å². The van der Waals surface area contributed by atoms with Crippen LogP contribution in [0.2, 0.25) is 0 Å². The molecular weight excluding hydrogens is 289 g/mol. The number of carbonyl (C=O) groups is 1. The van der Waals surface area contributed by atoms with Crippen molar-refractivity contribution in [1.29, 1.82) is 0 Å². The molecule has 0 aliphatic carbocycles. The van der Waals surface area contributed by atoms with E-state index in [9.17, 15) is 18.0 Å². The Morgan fingerprint density at radius 1 is 1.52 bits per heavy atom. The van der Waals surface area contributed by atoms with Crippen molar-refractivity contribution < 1.29 is 27.8 Å². The molecule has 2 rings (SSSR count). The van der Waals surface area contributed by atoms with Crippen molar-refractivity contribution in [2.24, 2.45) is 0 Å². The third kappa shape index (κ3) is 3.51. The lowest BCUT2D eigenvalue weighted by molar-refractivity contribution is -0.138. The number of hydrogen-bond donors (Lipinski definition) is 1. The third-order valence-electron chi connectivity index (χ3n) is 3.17. The maximum atomic E-state index is 12.9. The van der Waals surface area contributed by atoms with Gasteiger partial charge in [0, 0.05) is 25.5 Å². The lowest BCUT2D eigenvalue weighted by Crippen LogP contribution is -2.50. The number of nitrogens with zero attached hydrogens (tertiary/aromatic N) is 2. The molecule has 1 N–H and O–H groups in total. The molecule has 8 heteroatoms. The fourth-order valence-electron chi connectivity index (χ4n) is 2.29. The Balaban J connectivity index is 2.28. The van der Waals surface area contributed by atoms with E-state index in [2.05, 4.69) is 4.98 Å². The number of ether oxygens (including phenoxy) is 1. The van der Waals surface area contributed by atoms with Crippen LogP contribution in [0, 0.1) is 0 Å². The molecule has 1 aliphatic heterocycles. The van der Waals surface area contributed by atoms with Crippen LogP contribution in [0.15, 0.2) is 18.5 Å². The van der Waals surface area contributed by atoms with Gasteiger partial charge in [0.1, 0.15) is 0 Å². The van der Waals surface area contributed by atoms with Crippen LogP contribution in [0.3, 0.4) is 0 Å². The molecule has 116 valence electrons. The van der Waals surface area contributed by atoms with Gasteiger partial charge in [-0.3, -0.25) is 9.78 Å². The molecule has 1 saturated heterocycles. The lowest BCUT2D eigenvalue weighted by atomic mass is 10.1. The lowest BCUT2D eigenvalue weighted by Gasteiger charge is -2.36. The first-order valence-corrected chi connectivity index (χ1v) is 6.39. The Labute approximate surface area is 119 Å². The number of pyridine rings is 1. The first-order valence-electron chi connectivity index (χ1n) is 6.39. The molecular formula is C13H15F3N2O3. The molecule has 5 nitrogen and oxygen atoms in total. The highest BCUT2D eigenvalue weighted by Crippen LogP contribution is 2.32. The summed E-state index contributed by atoms with van der Waals surface area (Å²) in [5.41, 5.74) is -1.50. The van der Waals surface area contributed by atoms with E-state index in [1.54, 1.807) is 6.92 Å². The van der Waals surface area contributed by atoms with Gasteiger partial charge >= 0.3 is 6.18 Å². The zero-order chi connectivity index (χ0) is 15.6. The SMILES string of the molecule is C[C@@H]1CN(C(=O)c2ccncc2C(F)(F)F)C[C@H](CO)O1. The number of carbonyl (C=O) groups excluding carboxylic acids is 1. The van der Waals surface area contributed by atoms with Crippen molar-refractivity contribution in [3.63, 3.8) is 0 Å². The van der Waals surface area contributed by atoms with Gasteiger partial charge in [0.15, 0.2) is 0 Å². The molecule has 1 aromatic heterocycles. The van der Waals surface area contributed by atoms with Crippen LogP contribution >= 0.6 is 0 Å². The van der Waals surface area contributed by atoms with Gasteiger partial charge in [-0.05, 0) is 13.0 Å². The predicted molar refractivity (Wildman–Crippen MR) is 66.6 cm³/mol. The zero-order valence-corrected chi connectivity index (χ0v) is 11.3. The zero-order valence-electron chi connectivity index (χ0n) is 11.3. The standard InChI is InChI=1S/C13H15F3N2O3/c1-8-5-18(6-9(7-19)21-8)12(20)10-2-3-17-4-11(10)13(14,15)16/h2-4,8-9,19H,5-7H2,1H3/t8-,9-/m1/s1. The van der Waals surface area contributed by atoms with E-state index in [1.165, 1.54) is 4.90 Å². The Bertz CT molecular complexity index is 522. The van der Waals surface area contributed by atoms with Crippen LogP contribution in [0.4, 0.5) is 13.2 Å². The molecule has 1 fully saturated rings. The van der Waals surface area contributed by atoms with Crippen LogP contribution in [-0.2, 0) is 10.9 Å². The first kappa shape index (κ1) is 15.7. The van der Waals surface area contributed by atoms with Crippen molar-refractivity contribution in [3.05, 3.63) is 29.6 Å². The average Bonchev–Trinajstić information content (AvgIpc) is 2.45. The summed E-state index contributed by atoms with van der Waals surface area (Å²) in [6, 6.07) is 1.05. The number of aliphatic hydroxyl groups is 1. The molecule has 2 heterocycles. The van der Waals surface area contributed by atoms with E-state index in [1.807, 2.05) is 0 Å². The van der Waals surface area contributed by atoms with Crippen LogP contribution < -0.4 is 0 Å². The second-order valence-corrected chi connectivity index (χ2v) is 4.88. The maximum absolute atomic E-state index is 12.9. The predicted octanol–water partition coefficient (Wildman–Crippen LogP) is 1.32. The Kier molecular flexibility index (Phi) is 4.48. The number of morpholine rings is 1. The van der Waals surface area contributed by atoms with Crippen molar-refractivity contribution in [2.45, 2.75) is 25.3 Å². The second kappa shape index (κ2) is 5.98. The van der Waals surface area contributed by atoms with Gasteiger partial charge in [0.05, 0.1) is 29.9 Å². The molecule has 21 heavy (non-hydrogen) atoms. The van der Waals surface area contributed by atoms with Gasteiger partial charge in [-0.25, -0.2) is 0 Å². The van der Waals surface area contributed by atoms with E-state index >= 15 is 0 Å². The van der Waals surface area contributed by atoms with Crippen molar-refractivity contribution in [3.8, 4) is 0 Å². The summed E-state index contributed by atoms with van der Waals surface area (Å²) in [5.74, 6) is -0.738. The van der Waals surface area contributed by atoms with E-state index in [0.29, 0.717) is 6.20 Å². The highest BCUT2D eigenvalue weighted by Gasteiger charge is 2.38. The Hall–Kier alpha value is -1.67. The van der Waals surface area contributed by atoms with Gasteiger partial charge in [-0.1, -0.05) is 0 Å². The first-order chi connectivity index (χ1) is 9.82. The smallest absolute Gasteiger partial charge is 0.394 e. The van der Waals surface area contributed by atoms with Crippen molar-refractivity contribution in [2.75, 3.05) is 19.7 Å². The van der Waals surface area contributed by atoms with Crippen LogP contribution in [0.5, 0.6) is 0 Å². The highest BCUT2D eigenvalue weighted by molar-refractivity contribution is 5.95. The maximum Gasteiger partial charge on any atom is 0.418 e. The van der Waals surface area contributed by atoms with Crippen LogP contribution in [-0.4, -0.2) is 52.8 Å². The van der Waals surface area contributed by atoms with Gasteiger partial charge in [0.25, 0.3) is 5.91 Å². The quantitative estimate of drug-likeness (QED) is 0.895. The third-order valence-corrected chi connectivity index (χ3v) is 3.17. The largest absolute Gasteiger partial charge is 0.418 e. The van der Waals surface area contributed by atoms with Crippen molar-refractivity contribution >= 4 is 5.91 Å². The molecule has 0 unspecified atom stereocenters. The van der Waals surface area contributed by atoms with Crippen LogP contribution in [0.25, 0.3) is 0 Å². The minimum Gasteiger partial charge on any atom is -0.394 e. The molecule has 0 saturated carbocycles. The summed E-state index contributed by atoms with van der Waals surface area (Å²) in [7, 11) is 0. The molecule has 2 atom stereocenters. The van der Waals surface area contributed by atoms with Gasteiger partial charge in [0.2, 0.25) is 0 Å². The normalized spacial score (nSPS) is 23.2. The Morgan fingerprint density at radius 2 is 2.24 bits per heavy atom. The summed E-state index contributed by atoms with van der Waals surface area (Å²) in [6.07, 6.45) is -3.80. The average molecular weight is 304 g/mol. The molecule has 1 aliphatic rings. The number of rotatable bonds is 2.